The van der Waals surface area contributed by atoms with Gasteiger partial charge in [-0.25, -0.2) is 9.97 Å². The molecule has 3 rings (SSSR count). The van der Waals surface area contributed by atoms with Gasteiger partial charge in [-0.3, -0.25) is 14.6 Å². The molecule has 0 spiro atoms. The summed E-state index contributed by atoms with van der Waals surface area (Å²) >= 11 is 0. The summed E-state index contributed by atoms with van der Waals surface area (Å²) in [4.78, 5) is 38.2. The molecule has 0 amide bonds. The van der Waals surface area contributed by atoms with E-state index in [1.165, 1.54) is 77.0 Å². The van der Waals surface area contributed by atoms with Crippen molar-refractivity contribution in [2.75, 3.05) is 6.61 Å². The first-order valence-corrected chi connectivity index (χ1v) is 19.9. The summed E-state index contributed by atoms with van der Waals surface area (Å²) in [5.41, 5.74) is 0.363. The van der Waals surface area contributed by atoms with Crippen molar-refractivity contribution in [3.05, 3.63) is 17.5 Å². The van der Waals surface area contributed by atoms with Crippen molar-refractivity contribution in [1.29, 1.82) is 0 Å². The number of unbranched alkanes of at least 4 members (excludes halogenated alkanes) is 16. The molecule has 50 heavy (non-hydrogen) atoms. The third kappa shape index (κ3) is 14.8. The molecule has 0 saturated carbocycles. The molecule has 2 aliphatic rings. The van der Waals surface area contributed by atoms with Crippen LogP contribution in [0.1, 0.15) is 173 Å². The van der Waals surface area contributed by atoms with Crippen LogP contribution in [0.2, 0.25) is 0 Å². The lowest BCUT2D eigenvalue weighted by Crippen LogP contribution is -2.45. The molecule has 2 aliphatic heterocycles. The maximum atomic E-state index is 13.9. The number of terminal acetylenes is 1. The summed E-state index contributed by atoms with van der Waals surface area (Å²) in [6, 6.07) is 0. The zero-order valence-electron chi connectivity index (χ0n) is 31.3. The molecule has 0 radical (unpaired) electrons. The Morgan fingerprint density at radius 2 is 1.44 bits per heavy atom. The fourth-order valence-corrected chi connectivity index (χ4v) is 7.10. The molecule has 0 bridgehead atoms. The van der Waals surface area contributed by atoms with Gasteiger partial charge in [0.2, 0.25) is 0 Å². The molecule has 280 valence electrons. The molecular formula is C41H64FN3O5. The summed E-state index contributed by atoms with van der Waals surface area (Å²) in [5, 5.41) is 0. The van der Waals surface area contributed by atoms with E-state index in [2.05, 4.69) is 34.7 Å². The quantitative estimate of drug-likeness (QED) is 0.0434. The van der Waals surface area contributed by atoms with Gasteiger partial charge in [-0.2, -0.15) is 4.39 Å². The fourth-order valence-electron chi connectivity index (χ4n) is 7.10. The lowest BCUT2D eigenvalue weighted by molar-refractivity contribution is -0.165. The molecule has 8 nitrogen and oxygen atoms in total. The van der Waals surface area contributed by atoms with E-state index in [0.29, 0.717) is 55.6 Å². The Hall–Kier alpha value is -2.86. The number of esters is 2. The Balaban J connectivity index is 1.53. The van der Waals surface area contributed by atoms with Crippen molar-refractivity contribution in [3.8, 4) is 12.3 Å². The van der Waals surface area contributed by atoms with Crippen LogP contribution >= 0.6 is 0 Å². The smallest absolute Gasteiger partial charge is 0.309 e. The van der Waals surface area contributed by atoms with E-state index in [1.807, 2.05) is 6.21 Å². The maximum absolute atomic E-state index is 13.9. The van der Waals surface area contributed by atoms with Gasteiger partial charge < -0.3 is 14.2 Å². The van der Waals surface area contributed by atoms with Gasteiger partial charge in [0.15, 0.2) is 5.60 Å². The zero-order chi connectivity index (χ0) is 36.0. The number of carbonyl (C=O) groups is 2. The minimum absolute atomic E-state index is 0.0118. The van der Waals surface area contributed by atoms with Crippen molar-refractivity contribution in [2.24, 2.45) is 10.9 Å². The molecule has 0 aromatic carbocycles. The summed E-state index contributed by atoms with van der Waals surface area (Å²) in [5.74, 6) is 2.13. The first kappa shape index (κ1) is 41.6. The largest absolute Gasteiger partial charge is 0.461 e. The monoisotopic (exact) mass is 697 g/mol. The highest BCUT2D eigenvalue weighted by molar-refractivity contribution is 5.71. The number of nitrogens with zero attached hydrogens (tertiary/aromatic N) is 3. The van der Waals surface area contributed by atoms with Crippen LogP contribution in [0.15, 0.2) is 4.99 Å². The standard InChI is InChI=1S/C41H64FN3O5/c1-5-8-10-12-14-16-18-20-22-24-37(46)48-31-41(7-3)36(49-38(47)25-23-21-19-17-15-13-11-9-6-2)29-34(50-41)28-33-26-27-35-39(43-30-33)32(4)44-40(42)45-35/h3,30,33-34,36H,5-6,8-29,31H2,1-2,4H3/t33?,34-,36-,41+/m0/s1. The van der Waals surface area contributed by atoms with Gasteiger partial charge in [0.1, 0.15) is 18.4 Å². The molecule has 1 aromatic rings. The van der Waals surface area contributed by atoms with E-state index < -0.39 is 17.8 Å². The summed E-state index contributed by atoms with van der Waals surface area (Å²) in [7, 11) is 0. The van der Waals surface area contributed by atoms with E-state index in [1.54, 1.807) is 6.92 Å². The van der Waals surface area contributed by atoms with Crippen LogP contribution in [0.5, 0.6) is 0 Å². The minimum atomic E-state index is -1.36. The number of hydrogen-bond donors (Lipinski definition) is 0. The molecule has 1 saturated heterocycles. The Kier molecular flexibility index (Phi) is 19.6. The summed E-state index contributed by atoms with van der Waals surface area (Å²) < 4.78 is 32.1. The third-order valence-corrected chi connectivity index (χ3v) is 10.1. The Bertz CT molecular complexity index is 1230. The second-order valence-corrected chi connectivity index (χ2v) is 14.5. The maximum Gasteiger partial charge on any atom is 0.309 e. The average Bonchev–Trinajstić information content (AvgIpc) is 3.29. The highest BCUT2D eigenvalue weighted by Gasteiger charge is 2.51. The van der Waals surface area contributed by atoms with Crippen molar-refractivity contribution < 1.29 is 28.2 Å². The van der Waals surface area contributed by atoms with Gasteiger partial charge in [-0.1, -0.05) is 123 Å². The molecule has 3 heterocycles. The molecule has 0 N–H and O–H groups in total. The number of fused-ring (bicyclic) bond motifs is 1. The second kappa shape index (κ2) is 23.6. The van der Waals surface area contributed by atoms with Crippen molar-refractivity contribution >= 4 is 23.8 Å². The van der Waals surface area contributed by atoms with E-state index in [9.17, 15) is 14.0 Å². The Morgan fingerprint density at radius 1 is 0.880 bits per heavy atom. The number of aryl methyl sites for hydroxylation is 2. The number of rotatable bonds is 25. The SMILES string of the molecule is C#C[C@]1(COC(=O)CCCCCCCCCCC)O[C@@H](CC2C=Nc3c(C)nc(F)nc3CC2)C[C@@H]1OC(=O)CCCCCCCCCCC. The van der Waals surface area contributed by atoms with Crippen LogP contribution < -0.4 is 0 Å². The first-order valence-electron chi connectivity index (χ1n) is 19.9. The number of carbonyl (C=O) groups excluding carboxylic acids is 2. The Morgan fingerprint density at radius 3 is 2.02 bits per heavy atom. The molecule has 4 atom stereocenters. The Labute approximate surface area is 301 Å². The number of halogens is 1. The normalized spacial score (nSPS) is 21.4. The number of aliphatic imine (C=N–C) groups is 1. The van der Waals surface area contributed by atoms with E-state index >= 15 is 0 Å². The van der Waals surface area contributed by atoms with Crippen molar-refractivity contribution in [3.63, 3.8) is 0 Å². The number of aromatic nitrogens is 2. The van der Waals surface area contributed by atoms with Crippen LogP contribution in [0.4, 0.5) is 10.1 Å². The highest BCUT2D eigenvalue weighted by atomic mass is 19.1. The van der Waals surface area contributed by atoms with Crippen LogP contribution in [0.3, 0.4) is 0 Å². The first-order chi connectivity index (χ1) is 24.3. The number of hydrogen-bond acceptors (Lipinski definition) is 8. The van der Waals surface area contributed by atoms with Gasteiger partial charge in [0, 0.05) is 25.5 Å². The lowest BCUT2D eigenvalue weighted by atomic mass is 9.93. The second-order valence-electron chi connectivity index (χ2n) is 14.5. The van der Waals surface area contributed by atoms with Crippen molar-refractivity contribution in [2.45, 2.75) is 193 Å². The summed E-state index contributed by atoms with van der Waals surface area (Å²) in [6.45, 7) is 6.02. The minimum Gasteiger partial charge on any atom is -0.461 e. The van der Waals surface area contributed by atoms with Crippen LogP contribution in [0.25, 0.3) is 0 Å². The predicted octanol–water partition coefficient (Wildman–Crippen LogP) is 10.0. The molecule has 1 aromatic heterocycles. The van der Waals surface area contributed by atoms with Gasteiger partial charge in [0.05, 0.1) is 17.5 Å². The predicted molar refractivity (Wildman–Crippen MR) is 197 cm³/mol. The summed E-state index contributed by atoms with van der Waals surface area (Å²) in [6.07, 6.45) is 29.9. The van der Waals surface area contributed by atoms with Gasteiger partial charge >= 0.3 is 18.0 Å². The molecule has 1 fully saturated rings. The molecule has 0 aliphatic carbocycles. The third-order valence-electron chi connectivity index (χ3n) is 10.1. The lowest BCUT2D eigenvalue weighted by Gasteiger charge is -2.29. The number of ether oxygens (including phenoxy) is 3. The van der Waals surface area contributed by atoms with E-state index in [4.69, 9.17) is 20.6 Å². The van der Waals surface area contributed by atoms with Gasteiger partial charge in [-0.05, 0) is 44.9 Å². The van der Waals surface area contributed by atoms with Gasteiger partial charge in [0.25, 0.3) is 0 Å². The van der Waals surface area contributed by atoms with Crippen LogP contribution in [0, 0.1) is 31.3 Å². The van der Waals surface area contributed by atoms with E-state index in [-0.39, 0.29) is 30.6 Å². The zero-order valence-corrected chi connectivity index (χ0v) is 31.3. The molecule has 1 unspecified atom stereocenters. The molecule has 9 heteroatoms. The van der Waals surface area contributed by atoms with Crippen LogP contribution in [-0.2, 0) is 30.2 Å². The fraction of sp³-hybridized carbons (Fsp3) is 0.780. The topological polar surface area (TPSA) is 100.0 Å². The van der Waals surface area contributed by atoms with Crippen LogP contribution in [-0.4, -0.2) is 52.5 Å². The average molecular weight is 698 g/mol. The van der Waals surface area contributed by atoms with Gasteiger partial charge in [-0.15, -0.1) is 6.42 Å². The van der Waals surface area contributed by atoms with E-state index in [0.717, 1.165) is 38.5 Å². The molecular weight excluding hydrogens is 633 g/mol. The van der Waals surface area contributed by atoms with Crippen molar-refractivity contribution in [1.82, 2.24) is 9.97 Å². The highest BCUT2D eigenvalue weighted by Crippen LogP contribution is 2.38.